The normalized spacial score (nSPS) is 29.9. The van der Waals surface area contributed by atoms with Gasteiger partial charge in [-0.2, -0.15) is 5.10 Å². The number of morpholine rings is 1. The van der Waals surface area contributed by atoms with Crippen LogP contribution in [0.3, 0.4) is 0 Å². The molecule has 3 aliphatic heterocycles. The van der Waals surface area contributed by atoms with Gasteiger partial charge >= 0.3 is 0 Å². The highest BCUT2D eigenvalue weighted by Crippen LogP contribution is 2.33. The Hall–Kier alpha value is -1.44. The van der Waals surface area contributed by atoms with Gasteiger partial charge in [0.1, 0.15) is 0 Å². The standard InChI is InChI=1S/C17H26N4O3/c1-11-8-13-14(12(2)24-11)18-19-15(13)16(22)20-9-17(3,10-20)21-4-6-23-7-5-21/h11-12H,4-10H2,1-3H3,(H,18,19)/t11-,12+/m1/s1. The second-order valence-electron chi connectivity index (χ2n) is 7.52. The Morgan fingerprint density at radius 3 is 2.71 bits per heavy atom. The number of carbonyl (C=O) groups is 1. The molecule has 2 saturated heterocycles. The third-order valence-electron chi connectivity index (χ3n) is 5.56. The number of rotatable bonds is 2. The Labute approximate surface area is 142 Å². The monoisotopic (exact) mass is 334 g/mol. The first kappa shape index (κ1) is 16.1. The molecule has 0 aromatic carbocycles. The van der Waals surface area contributed by atoms with E-state index in [0.717, 1.165) is 57.1 Å². The molecule has 0 aliphatic carbocycles. The maximum absolute atomic E-state index is 12.9. The highest BCUT2D eigenvalue weighted by atomic mass is 16.5. The number of fused-ring (bicyclic) bond motifs is 1. The summed E-state index contributed by atoms with van der Waals surface area (Å²) in [6.45, 7) is 11.3. The number of aromatic amines is 1. The summed E-state index contributed by atoms with van der Waals surface area (Å²) in [7, 11) is 0. The minimum atomic E-state index is -0.0344. The molecule has 1 N–H and O–H groups in total. The SMILES string of the molecule is C[C@@H]1Cc2c(C(=O)N3CC(C)(N4CCOCC4)C3)n[nH]c2[C@H](C)O1. The van der Waals surface area contributed by atoms with Gasteiger partial charge in [0.25, 0.3) is 5.91 Å². The first-order valence-electron chi connectivity index (χ1n) is 8.82. The summed E-state index contributed by atoms with van der Waals surface area (Å²) in [4.78, 5) is 17.3. The number of carbonyl (C=O) groups excluding carboxylic acids is 1. The Morgan fingerprint density at radius 2 is 2.00 bits per heavy atom. The van der Waals surface area contributed by atoms with Crippen molar-refractivity contribution in [1.82, 2.24) is 20.0 Å². The molecule has 7 nitrogen and oxygen atoms in total. The number of nitrogens with zero attached hydrogens (tertiary/aromatic N) is 3. The summed E-state index contributed by atoms with van der Waals surface area (Å²) in [5.74, 6) is 0.0412. The lowest BCUT2D eigenvalue weighted by Crippen LogP contribution is -2.71. The predicted octanol–water partition coefficient (Wildman–Crippen LogP) is 0.979. The quantitative estimate of drug-likeness (QED) is 0.873. The van der Waals surface area contributed by atoms with Crippen LogP contribution < -0.4 is 0 Å². The molecule has 24 heavy (non-hydrogen) atoms. The van der Waals surface area contributed by atoms with Gasteiger partial charge in [-0.1, -0.05) is 0 Å². The van der Waals surface area contributed by atoms with Gasteiger partial charge in [-0.25, -0.2) is 0 Å². The van der Waals surface area contributed by atoms with E-state index in [4.69, 9.17) is 9.47 Å². The molecule has 4 rings (SSSR count). The summed E-state index contributed by atoms with van der Waals surface area (Å²) in [5.41, 5.74) is 2.63. The van der Waals surface area contributed by atoms with Crippen molar-refractivity contribution >= 4 is 5.91 Å². The number of nitrogens with one attached hydrogen (secondary N) is 1. The van der Waals surface area contributed by atoms with E-state index in [0.29, 0.717) is 5.69 Å². The number of hydrogen-bond donors (Lipinski definition) is 1. The molecule has 0 spiro atoms. The van der Waals surface area contributed by atoms with Crippen molar-refractivity contribution < 1.29 is 14.3 Å². The van der Waals surface area contributed by atoms with Crippen molar-refractivity contribution in [2.45, 2.75) is 44.9 Å². The molecule has 2 atom stereocenters. The van der Waals surface area contributed by atoms with Crippen LogP contribution in [0, 0.1) is 0 Å². The lowest BCUT2D eigenvalue weighted by atomic mass is 9.88. The van der Waals surface area contributed by atoms with Crippen LogP contribution in [0.25, 0.3) is 0 Å². The van der Waals surface area contributed by atoms with Crippen LogP contribution in [0.1, 0.15) is 48.6 Å². The molecule has 7 heteroatoms. The molecule has 0 bridgehead atoms. The molecule has 4 heterocycles. The molecule has 0 saturated carbocycles. The molecule has 2 fully saturated rings. The largest absolute Gasteiger partial charge is 0.379 e. The number of likely N-dealkylation sites (tertiary alicyclic amines) is 1. The fraction of sp³-hybridized carbons (Fsp3) is 0.765. The van der Waals surface area contributed by atoms with E-state index in [-0.39, 0.29) is 23.7 Å². The van der Waals surface area contributed by atoms with Crippen molar-refractivity contribution in [2.24, 2.45) is 0 Å². The van der Waals surface area contributed by atoms with E-state index >= 15 is 0 Å². The Kier molecular flexibility index (Phi) is 3.89. The van der Waals surface area contributed by atoms with E-state index in [9.17, 15) is 4.79 Å². The molecule has 3 aliphatic rings. The van der Waals surface area contributed by atoms with Gasteiger partial charge < -0.3 is 14.4 Å². The van der Waals surface area contributed by atoms with Crippen LogP contribution in [0.2, 0.25) is 0 Å². The van der Waals surface area contributed by atoms with Crippen molar-refractivity contribution in [3.8, 4) is 0 Å². The third kappa shape index (κ3) is 2.55. The highest BCUT2D eigenvalue weighted by molar-refractivity contribution is 5.95. The van der Waals surface area contributed by atoms with E-state index in [1.54, 1.807) is 0 Å². The van der Waals surface area contributed by atoms with Gasteiger partial charge in [0.15, 0.2) is 5.69 Å². The number of hydrogen-bond acceptors (Lipinski definition) is 5. The van der Waals surface area contributed by atoms with Gasteiger partial charge in [-0.3, -0.25) is 14.8 Å². The zero-order chi connectivity index (χ0) is 16.9. The summed E-state index contributed by atoms with van der Waals surface area (Å²) in [5, 5.41) is 7.33. The van der Waals surface area contributed by atoms with Crippen LogP contribution >= 0.6 is 0 Å². The first-order valence-corrected chi connectivity index (χ1v) is 8.82. The molecule has 0 unspecified atom stereocenters. The van der Waals surface area contributed by atoms with E-state index in [2.05, 4.69) is 22.0 Å². The van der Waals surface area contributed by atoms with Crippen LogP contribution in [0.15, 0.2) is 0 Å². The Morgan fingerprint density at radius 1 is 1.29 bits per heavy atom. The van der Waals surface area contributed by atoms with Crippen LogP contribution in [0.4, 0.5) is 0 Å². The molecule has 1 amide bonds. The summed E-state index contributed by atoms with van der Waals surface area (Å²) < 4.78 is 11.2. The van der Waals surface area contributed by atoms with Crippen molar-refractivity contribution in [3.05, 3.63) is 17.0 Å². The van der Waals surface area contributed by atoms with Crippen LogP contribution in [0.5, 0.6) is 0 Å². The Balaban J connectivity index is 1.47. The van der Waals surface area contributed by atoms with Gasteiger partial charge in [0.05, 0.1) is 36.7 Å². The molecule has 0 radical (unpaired) electrons. The van der Waals surface area contributed by atoms with E-state index in [1.807, 2.05) is 18.7 Å². The van der Waals surface area contributed by atoms with Crippen LogP contribution in [-0.2, 0) is 15.9 Å². The van der Waals surface area contributed by atoms with Crippen molar-refractivity contribution in [2.75, 3.05) is 39.4 Å². The average molecular weight is 334 g/mol. The number of ether oxygens (including phenoxy) is 2. The number of H-pyrrole nitrogens is 1. The molecular weight excluding hydrogens is 308 g/mol. The van der Waals surface area contributed by atoms with E-state index < -0.39 is 0 Å². The minimum absolute atomic E-state index is 0.0344. The third-order valence-corrected chi connectivity index (χ3v) is 5.56. The zero-order valence-corrected chi connectivity index (χ0v) is 14.7. The predicted molar refractivity (Wildman–Crippen MR) is 88.0 cm³/mol. The smallest absolute Gasteiger partial charge is 0.274 e. The van der Waals surface area contributed by atoms with Crippen molar-refractivity contribution in [3.63, 3.8) is 0 Å². The lowest BCUT2D eigenvalue weighted by molar-refractivity contribution is -0.0741. The lowest BCUT2D eigenvalue weighted by Gasteiger charge is -2.54. The van der Waals surface area contributed by atoms with Gasteiger partial charge in [-0.05, 0) is 20.8 Å². The maximum Gasteiger partial charge on any atom is 0.274 e. The number of amides is 1. The van der Waals surface area contributed by atoms with E-state index in [1.165, 1.54) is 0 Å². The second kappa shape index (κ2) is 5.82. The molecular formula is C17H26N4O3. The highest BCUT2D eigenvalue weighted by Gasteiger charge is 2.47. The van der Waals surface area contributed by atoms with Crippen LogP contribution in [-0.4, -0.2) is 76.9 Å². The molecule has 1 aromatic rings. The molecule has 132 valence electrons. The maximum atomic E-state index is 12.9. The van der Waals surface area contributed by atoms with Gasteiger partial charge in [0, 0.05) is 38.2 Å². The molecule has 1 aromatic heterocycles. The fourth-order valence-electron chi connectivity index (χ4n) is 4.22. The van der Waals surface area contributed by atoms with Gasteiger partial charge in [0.2, 0.25) is 0 Å². The van der Waals surface area contributed by atoms with Gasteiger partial charge in [-0.15, -0.1) is 0 Å². The fourth-order valence-corrected chi connectivity index (χ4v) is 4.22. The minimum Gasteiger partial charge on any atom is -0.379 e. The topological polar surface area (TPSA) is 70.7 Å². The second-order valence-corrected chi connectivity index (χ2v) is 7.52. The number of aromatic nitrogens is 2. The van der Waals surface area contributed by atoms with Crippen molar-refractivity contribution in [1.29, 1.82) is 0 Å². The summed E-state index contributed by atoms with van der Waals surface area (Å²) in [6, 6.07) is 0. The Bertz CT molecular complexity index is 632. The summed E-state index contributed by atoms with van der Waals surface area (Å²) in [6.07, 6.45) is 0.825. The zero-order valence-electron chi connectivity index (χ0n) is 14.7. The summed E-state index contributed by atoms with van der Waals surface area (Å²) >= 11 is 0. The first-order chi connectivity index (χ1) is 11.5. The average Bonchev–Trinajstić information content (AvgIpc) is 2.96.